The van der Waals surface area contributed by atoms with E-state index in [0.717, 1.165) is 46.6 Å². The fraction of sp³-hybridized carbons (Fsp3) is 0.167. The first-order valence-electron chi connectivity index (χ1n) is 9.56. The maximum absolute atomic E-state index is 8.80. The number of H-pyrrole nitrogens is 1. The van der Waals surface area contributed by atoms with E-state index in [9.17, 15) is 0 Å². The quantitative estimate of drug-likeness (QED) is 0.481. The van der Waals surface area contributed by atoms with Gasteiger partial charge in [-0.15, -0.1) is 0 Å². The smallest absolute Gasteiger partial charge is 0.131 e. The number of rotatable bonds is 6. The number of hydrogen-bond acceptors (Lipinski definition) is 3. The van der Waals surface area contributed by atoms with Gasteiger partial charge < -0.3 is 9.88 Å². The lowest BCUT2D eigenvalue weighted by Crippen LogP contribution is -2.23. The Morgan fingerprint density at radius 3 is 2.64 bits per heavy atom. The SMILES string of the molecule is CCN(CCC#N)c1ccc(C=Cc2nc3c(ccc4ccccc43)[nH]2)cc1. The van der Waals surface area contributed by atoms with Crippen molar-refractivity contribution < 1.29 is 0 Å². The van der Waals surface area contributed by atoms with Crippen LogP contribution in [0.25, 0.3) is 34.0 Å². The fourth-order valence-electron chi connectivity index (χ4n) is 3.47. The lowest BCUT2D eigenvalue weighted by Gasteiger charge is -2.21. The van der Waals surface area contributed by atoms with Gasteiger partial charge in [-0.3, -0.25) is 0 Å². The van der Waals surface area contributed by atoms with Crippen LogP contribution in [0.15, 0.2) is 60.7 Å². The van der Waals surface area contributed by atoms with Crippen LogP contribution in [0.5, 0.6) is 0 Å². The van der Waals surface area contributed by atoms with Gasteiger partial charge in [0.15, 0.2) is 0 Å². The zero-order chi connectivity index (χ0) is 19.3. The number of nitrogens with one attached hydrogen (secondary N) is 1. The average Bonchev–Trinajstić information content (AvgIpc) is 3.17. The summed E-state index contributed by atoms with van der Waals surface area (Å²) >= 11 is 0. The van der Waals surface area contributed by atoms with E-state index in [1.54, 1.807) is 0 Å². The molecule has 138 valence electrons. The molecule has 0 fully saturated rings. The largest absolute Gasteiger partial charge is 0.371 e. The Labute approximate surface area is 164 Å². The van der Waals surface area contributed by atoms with Crippen LogP contribution in [0.1, 0.15) is 24.7 Å². The number of nitriles is 1. The zero-order valence-electron chi connectivity index (χ0n) is 15.9. The van der Waals surface area contributed by atoms with E-state index in [2.05, 4.69) is 77.5 Å². The minimum absolute atomic E-state index is 0.538. The normalized spacial score (nSPS) is 11.3. The molecule has 4 nitrogen and oxygen atoms in total. The number of nitrogens with zero attached hydrogens (tertiary/aromatic N) is 3. The molecule has 0 atom stereocenters. The fourth-order valence-corrected chi connectivity index (χ4v) is 3.47. The predicted octanol–water partition coefficient (Wildman–Crippen LogP) is 5.63. The molecule has 0 spiro atoms. The van der Waals surface area contributed by atoms with Crippen LogP contribution in [-0.2, 0) is 0 Å². The first-order chi connectivity index (χ1) is 13.8. The second-order valence-corrected chi connectivity index (χ2v) is 6.72. The van der Waals surface area contributed by atoms with E-state index >= 15 is 0 Å². The molecular formula is C24H22N4. The molecule has 1 aromatic heterocycles. The number of benzene rings is 3. The number of anilines is 1. The van der Waals surface area contributed by atoms with E-state index in [0.29, 0.717) is 6.42 Å². The van der Waals surface area contributed by atoms with Gasteiger partial charge in [-0.05, 0) is 42.1 Å². The lowest BCUT2D eigenvalue weighted by atomic mass is 10.1. The molecule has 0 aliphatic heterocycles. The van der Waals surface area contributed by atoms with Crippen molar-refractivity contribution in [3.8, 4) is 6.07 Å². The van der Waals surface area contributed by atoms with Gasteiger partial charge in [0, 0.05) is 24.2 Å². The lowest BCUT2D eigenvalue weighted by molar-refractivity contribution is 0.827. The van der Waals surface area contributed by atoms with E-state index in [1.807, 2.05) is 18.2 Å². The highest BCUT2D eigenvalue weighted by atomic mass is 15.1. The van der Waals surface area contributed by atoms with E-state index in [-0.39, 0.29) is 0 Å². The highest BCUT2D eigenvalue weighted by Crippen LogP contribution is 2.24. The number of aromatic nitrogens is 2. The Morgan fingerprint density at radius 1 is 1.04 bits per heavy atom. The molecule has 4 heteroatoms. The van der Waals surface area contributed by atoms with Crippen molar-refractivity contribution in [2.24, 2.45) is 0 Å². The molecule has 4 rings (SSSR count). The molecule has 28 heavy (non-hydrogen) atoms. The summed E-state index contributed by atoms with van der Waals surface area (Å²) < 4.78 is 0. The Hall–Kier alpha value is -3.58. The summed E-state index contributed by atoms with van der Waals surface area (Å²) in [5, 5.41) is 11.2. The molecule has 0 amide bonds. The maximum Gasteiger partial charge on any atom is 0.131 e. The number of aromatic amines is 1. The molecule has 1 heterocycles. The maximum atomic E-state index is 8.80. The second-order valence-electron chi connectivity index (χ2n) is 6.72. The van der Waals surface area contributed by atoms with Crippen molar-refractivity contribution in [2.75, 3.05) is 18.0 Å². The average molecular weight is 366 g/mol. The van der Waals surface area contributed by atoms with Crippen molar-refractivity contribution in [1.82, 2.24) is 9.97 Å². The summed E-state index contributed by atoms with van der Waals surface area (Å²) in [5.74, 6) is 0.847. The summed E-state index contributed by atoms with van der Waals surface area (Å²) in [6, 6.07) is 23.1. The summed E-state index contributed by atoms with van der Waals surface area (Å²) in [6.07, 6.45) is 4.61. The van der Waals surface area contributed by atoms with Crippen LogP contribution in [0.4, 0.5) is 5.69 Å². The van der Waals surface area contributed by atoms with E-state index < -0.39 is 0 Å². The highest BCUT2D eigenvalue weighted by molar-refractivity contribution is 6.04. The van der Waals surface area contributed by atoms with E-state index in [4.69, 9.17) is 10.2 Å². The van der Waals surface area contributed by atoms with Crippen molar-refractivity contribution in [3.05, 3.63) is 72.1 Å². The second kappa shape index (κ2) is 7.98. The summed E-state index contributed by atoms with van der Waals surface area (Å²) in [7, 11) is 0. The molecule has 0 unspecified atom stereocenters. The molecule has 1 N–H and O–H groups in total. The zero-order valence-corrected chi connectivity index (χ0v) is 15.9. The predicted molar refractivity (Wildman–Crippen MR) is 117 cm³/mol. The van der Waals surface area contributed by atoms with Gasteiger partial charge in [0.2, 0.25) is 0 Å². The minimum Gasteiger partial charge on any atom is -0.371 e. The van der Waals surface area contributed by atoms with Crippen molar-refractivity contribution >= 4 is 39.6 Å². The molecule has 0 saturated carbocycles. The molecule has 0 aliphatic rings. The highest BCUT2D eigenvalue weighted by Gasteiger charge is 2.05. The molecular weight excluding hydrogens is 344 g/mol. The third kappa shape index (κ3) is 3.60. The first-order valence-corrected chi connectivity index (χ1v) is 9.56. The van der Waals surface area contributed by atoms with Crippen LogP contribution in [0.3, 0.4) is 0 Å². The topological polar surface area (TPSA) is 55.7 Å². The number of imidazole rings is 1. The number of fused-ring (bicyclic) bond motifs is 3. The third-order valence-electron chi connectivity index (χ3n) is 4.96. The summed E-state index contributed by atoms with van der Waals surface area (Å²) in [5.41, 5.74) is 4.31. The summed E-state index contributed by atoms with van der Waals surface area (Å²) in [6.45, 7) is 3.76. The minimum atomic E-state index is 0.538. The molecule has 0 aliphatic carbocycles. The van der Waals surface area contributed by atoms with Crippen LogP contribution >= 0.6 is 0 Å². The van der Waals surface area contributed by atoms with Crippen LogP contribution < -0.4 is 4.90 Å². The van der Waals surface area contributed by atoms with Gasteiger partial charge in [0.05, 0.1) is 23.5 Å². The van der Waals surface area contributed by atoms with Gasteiger partial charge >= 0.3 is 0 Å². The van der Waals surface area contributed by atoms with Crippen molar-refractivity contribution in [2.45, 2.75) is 13.3 Å². The van der Waals surface area contributed by atoms with Gasteiger partial charge in [-0.1, -0.05) is 48.5 Å². The van der Waals surface area contributed by atoms with Gasteiger partial charge in [0.1, 0.15) is 5.82 Å². The van der Waals surface area contributed by atoms with Gasteiger partial charge in [-0.2, -0.15) is 5.26 Å². The first kappa shape index (κ1) is 17.8. The van der Waals surface area contributed by atoms with Crippen LogP contribution in [0, 0.1) is 11.3 Å². The Morgan fingerprint density at radius 2 is 1.86 bits per heavy atom. The van der Waals surface area contributed by atoms with Gasteiger partial charge in [-0.25, -0.2) is 4.98 Å². The van der Waals surface area contributed by atoms with Crippen molar-refractivity contribution in [1.29, 1.82) is 5.26 Å². The standard InChI is InChI=1S/C24H22N4/c1-2-28(17-5-16-25)20-12-8-18(9-13-20)10-15-23-26-22-14-11-19-6-3-4-7-21(19)24(22)27-23/h3-4,6-15H,2,5,17H2,1H3,(H,26,27). The van der Waals surface area contributed by atoms with E-state index in [1.165, 1.54) is 5.39 Å². The molecule has 0 radical (unpaired) electrons. The Bertz CT molecular complexity index is 1160. The molecule has 3 aromatic carbocycles. The summed E-state index contributed by atoms with van der Waals surface area (Å²) in [4.78, 5) is 10.4. The molecule has 0 saturated heterocycles. The number of hydrogen-bond donors (Lipinski definition) is 1. The van der Waals surface area contributed by atoms with Crippen LogP contribution in [-0.4, -0.2) is 23.1 Å². The Balaban J connectivity index is 1.55. The molecule has 4 aromatic rings. The Kier molecular flexibility index (Phi) is 5.07. The van der Waals surface area contributed by atoms with Gasteiger partial charge in [0.25, 0.3) is 0 Å². The monoisotopic (exact) mass is 366 g/mol. The third-order valence-corrected chi connectivity index (χ3v) is 4.96. The van der Waals surface area contributed by atoms with Crippen molar-refractivity contribution in [3.63, 3.8) is 0 Å². The van der Waals surface area contributed by atoms with Crippen LogP contribution in [0.2, 0.25) is 0 Å². The molecule has 0 bridgehead atoms.